The maximum atomic E-state index is 13.2. The van der Waals surface area contributed by atoms with Crippen molar-refractivity contribution in [3.05, 3.63) is 23.8 Å². The monoisotopic (exact) mass is 382 g/mol. The lowest BCUT2D eigenvalue weighted by Crippen LogP contribution is -2.33. The van der Waals surface area contributed by atoms with Gasteiger partial charge in [-0.05, 0) is 37.0 Å². The van der Waals surface area contributed by atoms with E-state index in [1.54, 1.807) is 24.1 Å². The molecule has 6 nitrogen and oxygen atoms in total. The maximum Gasteiger partial charge on any atom is 0.253 e. The van der Waals surface area contributed by atoms with Gasteiger partial charge in [0.25, 0.3) is 5.91 Å². The van der Waals surface area contributed by atoms with Gasteiger partial charge in [-0.3, -0.25) is 4.79 Å². The first-order chi connectivity index (χ1) is 12.3. The third-order valence-electron chi connectivity index (χ3n) is 4.58. The first-order valence-corrected chi connectivity index (χ1v) is 10.6. The lowest BCUT2D eigenvalue weighted by Gasteiger charge is -2.23. The van der Waals surface area contributed by atoms with E-state index >= 15 is 0 Å². The van der Waals surface area contributed by atoms with Gasteiger partial charge in [-0.15, -0.1) is 0 Å². The van der Waals surface area contributed by atoms with Crippen LogP contribution in [0.15, 0.2) is 23.1 Å². The van der Waals surface area contributed by atoms with E-state index in [4.69, 9.17) is 4.74 Å². The summed E-state index contributed by atoms with van der Waals surface area (Å²) in [5.74, 6) is 0.425. The molecule has 1 aromatic carbocycles. The Bertz CT molecular complexity index is 723. The molecule has 0 aromatic heterocycles. The van der Waals surface area contributed by atoms with Gasteiger partial charge in [0, 0.05) is 32.2 Å². The van der Waals surface area contributed by atoms with E-state index in [0.717, 1.165) is 25.7 Å². The van der Waals surface area contributed by atoms with Gasteiger partial charge >= 0.3 is 0 Å². The van der Waals surface area contributed by atoms with Crippen molar-refractivity contribution in [2.45, 2.75) is 44.4 Å². The van der Waals surface area contributed by atoms with Gasteiger partial charge < -0.3 is 9.64 Å². The summed E-state index contributed by atoms with van der Waals surface area (Å²) < 4.78 is 33.1. The second-order valence-corrected chi connectivity index (χ2v) is 9.17. The molecule has 0 bridgehead atoms. The zero-order valence-electron chi connectivity index (χ0n) is 16.2. The van der Waals surface area contributed by atoms with Gasteiger partial charge in [-0.1, -0.05) is 26.7 Å². The van der Waals surface area contributed by atoms with E-state index in [9.17, 15) is 13.2 Å². The zero-order valence-corrected chi connectivity index (χ0v) is 17.0. The van der Waals surface area contributed by atoms with Crippen molar-refractivity contribution in [3.63, 3.8) is 0 Å². The fraction of sp³-hybridized carbons (Fsp3) is 0.632. The number of rotatable bonds is 6. The summed E-state index contributed by atoms with van der Waals surface area (Å²) in [5, 5.41) is 0. The predicted molar refractivity (Wildman–Crippen MR) is 102 cm³/mol. The molecule has 1 fully saturated rings. The van der Waals surface area contributed by atoms with Gasteiger partial charge in [0.1, 0.15) is 10.6 Å². The molecule has 26 heavy (non-hydrogen) atoms. The van der Waals surface area contributed by atoms with Crippen molar-refractivity contribution < 1.29 is 17.9 Å². The van der Waals surface area contributed by atoms with Gasteiger partial charge in [-0.25, -0.2) is 8.42 Å². The van der Waals surface area contributed by atoms with Crippen LogP contribution in [-0.2, 0) is 10.0 Å². The Balaban J connectivity index is 2.38. The number of ether oxygens (including phenoxy) is 1. The largest absolute Gasteiger partial charge is 0.495 e. The Labute approximate surface area is 157 Å². The van der Waals surface area contributed by atoms with Crippen molar-refractivity contribution in [1.82, 2.24) is 9.21 Å². The molecule has 146 valence electrons. The molecular weight excluding hydrogens is 352 g/mol. The first kappa shape index (κ1) is 20.7. The number of amides is 1. The molecule has 1 aromatic rings. The smallest absolute Gasteiger partial charge is 0.253 e. The third-order valence-corrected chi connectivity index (χ3v) is 6.50. The van der Waals surface area contributed by atoms with E-state index in [2.05, 4.69) is 0 Å². The minimum Gasteiger partial charge on any atom is -0.495 e. The van der Waals surface area contributed by atoms with Gasteiger partial charge in [0.2, 0.25) is 10.0 Å². The summed E-state index contributed by atoms with van der Waals surface area (Å²) in [6.07, 6.45) is 3.80. The molecule has 0 saturated carbocycles. The number of nitrogens with zero attached hydrogens (tertiary/aromatic N) is 2. The van der Waals surface area contributed by atoms with Crippen LogP contribution in [0, 0.1) is 5.92 Å². The van der Waals surface area contributed by atoms with Crippen LogP contribution in [0.1, 0.15) is 49.9 Å². The molecule has 1 heterocycles. The number of hydrogen-bond acceptors (Lipinski definition) is 4. The maximum absolute atomic E-state index is 13.2. The molecule has 1 aliphatic heterocycles. The quantitative estimate of drug-likeness (QED) is 0.759. The predicted octanol–water partition coefficient (Wildman–Crippen LogP) is 2.99. The topological polar surface area (TPSA) is 66.9 Å². The highest BCUT2D eigenvalue weighted by Crippen LogP contribution is 2.29. The van der Waals surface area contributed by atoms with Crippen LogP contribution in [0.2, 0.25) is 0 Å². The van der Waals surface area contributed by atoms with E-state index < -0.39 is 10.0 Å². The number of hydrogen-bond donors (Lipinski definition) is 0. The van der Waals surface area contributed by atoms with Crippen molar-refractivity contribution in [1.29, 1.82) is 0 Å². The first-order valence-electron chi connectivity index (χ1n) is 9.21. The number of carbonyl (C=O) groups excluding carboxylic acids is 1. The number of benzene rings is 1. The van der Waals surface area contributed by atoms with Crippen LogP contribution in [0.25, 0.3) is 0 Å². The van der Waals surface area contributed by atoms with E-state index in [0.29, 0.717) is 31.1 Å². The summed E-state index contributed by atoms with van der Waals surface area (Å²) >= 11 is 0. The summed E-state index contributed by atoms with van der Waals surface area (Å²) in [7, 11) is -0.516. The summed E-state index contributed by atoms with van der Waals surface area (Å²) in [4.78, 5) is 14.4. The molecule has 0 radical (unpaired) electrons. The molecule has 1 aliphatic rings. The molecule has 0 N–H and O–H groups in total. The minimum atomic E-state index is -3.70. The van der Waals surface area contributed by atoms with Crippen LogP contribution in [0.5, 0.6) is 5.75 Å². The van der Waals surface area contributed by atoms with Gasteiger partial charge in [-0.2, -0.15) is 4.31 Å². The fourth-order valence-corrected chi connectivity index (χ4v) is 4.98. The van der Waals surface area contributed by atoms with Gasteiger partial charge in [0.15, 0.2) is 0 Å². The van der Waals surface area contributed by atoms with Gasteiger partial charge in [0.05, 0.1) is 7.11 Å². The van der Waals surface area contributed by atoms with Crippen molar-refractivity contribution in [2.75, 3.05) is 33.8 Å². The molecule has 0 aliphatic carbocycles. The number of sulfonamides is 1. The average molecular weight is 383 g/mol. The highest BCUT2D eigenvalue weighted by Gasteiger charge is 2.29. The second kappa shape index (κ2) is 8.86. The molecular formula is C19H30N2O4S. The normalized spacial score (nSPS) is 16.3. The number of methoxy groups -OCH3 is 1. The van der Waals surface area contributed by atoms with Crippen molar-refractivity contribution in [3.8, 4) is 5.75 Å². The van der Waals surface area contributed by atoms with E-state index in [1.165, 1.54) is 17.5 Å². The molecule has 0 atom stereocenters. The summed E-state index contributed by atoms with van der Waals surface area (Å²) in [6.45, 7) is 5.70. The molecule has 0 unspecified atom stereocenters. The van der Waals surface area contributed by atoms with Crippen molar-refractivity contribution in [2.24, 2.45) is 5.92 Å². The van der Waals surface area contributed by atoms with E-state index in [-0.39, 0.29) is 16.6 Å². The molecule has 1 amide bonds. The van der Waals surface area contributed by atoms with E-state index in [1.807, 2.05) is 13.8 Å². The van der Waals surface area contributed by atoms with Crippen LogP contribution in [0.4, 0.5) is 0 Å². The molecule has 7 heteroatoms. The van der Waals surface area contributed by atoms with Crippen LogP contribution in [0.3, 0.4) is 0 Å². The Hall–Kier alpha value is -1.60. The van der Waals surface area contributed by atoms with Crippen LogP contribution >= 0.6 is 0 Å². The van der Waals surface area contributed by atoms with Crippen LogP contribution < -0.4 is 4.74 Å². The summed E-state index contributed by atoms with van der Waals surface area (Å²) in [6, 6.07) is 4.65. The van der Waals surface area contributed by atoms with Crippen molar-refractivity contribution >= 4 is 15.9 Å². The Kier molecular flexibility index (Phi) is 7.06. The molecule has 2 rings (SSSR count). The van der Waals surface area contributed by atoms with Crippen LogP contribution in [-0.4, -0.2) is 57.3 Å². The lowest BCUT2D eigenvalue weighted by atomic mass is 10.1. The molecule has 0 spiro atoms. The average Bonchev–Trinajstić information content (AvgIpc) is 2.89. The Morgan fingerprint density at radius 1 is 1.19 bits per heavy atom. The highest BCUT2D eigenvalue weighted by atomic mass is 32.2. The fourth-order valence-electron chi connectivity index (χ4n) is 3.28. The molecule has 1 saturated heterocycles. The Morgan fingerprint density at radius 2 is 1.81 bits per heavy atom. The second-order valence-electron chi connectivity index (χ2n) is 7.26. The standard InChI is InChI=1S/C19H30N2O4S/c1-15(2)14-20(3)19(22)16-9-10-17(25-4)18(13-16)26(23,24)21-11-7-5-6-8-12-21/h9-10,13,15H,5-8,11-12,14H2,1-4H3. The zero-order chi connectivity index (χ0) is 19.3. The highest BCUT2D eigenvalue weighted by molar-refractivity contribution is 7.89. The lowest BCUT2D eigenvalue weighted by molar-refractivity contribution is 0.0779. The number of carbonyl (C=O) groups is 1. The Morgan fingerprint density at radius 3 is 2.35 bits per heavy atom. The minimum absolute atomic E-state index is 0.0747. The third kappa shape index (κ3) is 4.76. The summed E-state index contributed by atoms with van der Waals surface area (Å²) in [5.41, 5.74) is 0.363. The SMILES string of the molecule is COc1ccc(C(=O)N(C)CC(C)C)cc1S(=O)(=O)N1CCCCCC1.